The first-order valence-corrected chi connectivity index (χ1v) is 13.9. The van der Waals surface area contributed by atoms with Gasteiger partial charge in [-0.05, 0) is 12.8 Å². The van der Waals surface area contributed by atoms with E-state index in [-0.39, 0.29) is 24.7 Å². The Hall–Kier alpha value is -2.00. The van der Waals surface area contributed by atoms with E-state index in [2.05, 4.69) is 10.6 Å². The van der Waals surface area contributed by atoms with Crippen LogP contribution < -0.4 is 10.6 Å². The van der Waals surface area contributed by atoms with E-state index in [1.165, 1.54) is 51.4 Å². The number of carbonyl (C=O) groups excluding carboxylic acids is 3. The fourth-order valence-electron chi connectivity index (χ4n) is 3.72. The molecule has 9 heteroatoms. The Kier molecular flexibility index (Phi) is 26.1. The second-order valence-corrected chi connectivity index (χ2v) is 9.12. The average molecular weight is 515 g/mol. The number of ether oxygens (including phenoxy) is 2. The lowest BCUT2D eigenvalue weighted by Gasteiger charge is -2.08. The largest absolute Gasteiger partial charge is 0.481 e. The van der Waals surface area contributed by atoms with Gasteiger partial charge in [0.15, 0.2) is 0 Å². The first kappa shape index (κ1) is 34.0. The zero-order valence-corrected chi connectivity index (χ0v) is 22.2. The molecule has 3 N–H and O–H groups in total. The normalized spacial score (nSPS) is 10.8. The lowest BCUT2D eigenvalue weighted by molar-refractivity contribution is -0.137. The number of carboxylic acid groups (broad SMARTS) is 1. The van der Waals surface area contributed by atoms with E-state index in [1.54, 1.807) is 0 Å². The van der Waals surface area contributed by atoms with Gasteiger partial charge >= 0.3 is 5.97 Å². The van der Waals surface area contributed by atoms with Crippen molar-refractivity contribution in [3.05, 3.63) is 0 Å². The van der Waals surface area contributed by atoms with Gasteiger partial charge in [0, 0.05) is 38.8 Å². The van der Waals surface area contributed by atoms with Gasteiger partial charge in [-0.1, -0.05) is 70.6 Å². The highest BCUT2D eigenvalue weighted by atomic mass is 16.5. The summed E-state index contributed by atoms with van der Waals surface area (Å²) in [5.41, 5.74) is 0. The molecule has 0 atom stereocenters. The van der Waals surface area contributed by atoms with Crippen molar-refractivity contribution in [3.8, 4) is 0 Å². The summed E-state index contributed by atoms with van der Waals surface area (Å²) in [7, 11) is 0. The van der Waals surface area contributed by atoms with Crippen molar-refractivity contribution in [2.45, 2.75) is 109 Å². The van der Waals surface area contributed by atoms with E-state index < -0.39 is 5.97 Å². The second kappa shape index (κ2) is 27.6. The minimum absolute atomic E-state index is 0.0723. The van der Waals surface area contributed by atoms with Gasteiger partial charge in [0.25, 0.3) is 0 Å². The maximum Gasteiger partial charge on any atom is 0.303 e. The molecule has 9 nitrogen and oxygen atoms in total. The summed E-state index contributed by atoms with van der Waals surface area (Å²) in [4.78, 5) is 43.7. The third-order valence-electron chi connectivity index (χ3n) is 5.79. The van der Waals surface area contributed by atoms with Gasteiger partial charge in [-0.15, -0.1) is 0 Å². The molecule has 0 rings (SSSR count). The summed E-state index contributed by atoms with van der Waals surface area (Å²) in [6, 6.07) is 0. The Morgan fingerprint density at radius 2 is 0.944 bits per heavy atom. The first-order valence-electron chi connectivity index (χ1n) is 13.9. The SMILES string of the molecule is O=CCCC(=O)NCCOCCOCCNC(=O)CCCCCCCCCCCCCCCC(=O)O. The van der Waals surface area contributed by atoms with Crippen molar-refractivity contribution in [1.29, 1.82) is 0 Å². The van der Waals surface area contributed by atoms with E-state index in [1.807, 2.05) is 0 Å². The molecule has 0 aliphatic carbocycles. The third-order valence-corrected chi connectivity index (χ3v) is 5.79. The topological polar surface area (TPSA) is 131 Å². The van der Waals surface area contributed by atoms with Crippen LogP contribution in [0.15, 0.2) is 0 Å². The number of nitrogens with one attached hydrogen (secondary N) is 2. The molecular formula is C27H50N2O7. The molecule has 0 aromatic carbocycles. The standard InChI is InChI=1S/C27H50N2O7/c30-20-14-16-26(32)29-19-22-36-24-23-35-21-18-28-25(31)15-12-10-8-6-4-2-1-3-5-7-9-11-13-17-27(33)34/h20H,1-19,21-24H2,(H,28,31)(H,29,32)(H,33,34). The summed E-state index contributed by atoms with van der Waals surface area (Å²) < 4.78 is 10.8. The molecule has 0 unspecified atom stereocenters. The maximum absolute atomic E-state index is 11.8. The molecule has 0 aromatic rings. The van der Waals surface area contributed by atoms with Crippen molar-refractivity contribution < 1.29 is 33.8 Å². The third kappa shape index (κ3) is 28.2. The Bertz CT molecular complexity index is 558. The monoisotopic (exact) mass is 514 g/mol. The Morgan fingerprint density at radius 1 is 0.556 bits per heavy atom. The highest BCUT2D eigenvalue weighted by Gasteiger charge is 2.02. The number of aldehydes is 1. The van der Waals surface area contributed by atoms with Crippen molar-refractivity contribution >= 4 is 24.1 Å². The Labute approximate surface area is 217 Å². The number of hydrogen-bond acceptors (Lipinski definition) is 6. The van der Waals surface area contributed by atoms with Gasteiger partial charge in [0.1, 0.15) is 6.29 Å². The number of rotatable bonds is 28. The Morgan fingerprint density at radius 3 is 1.36 bits per heavy atom. The van der Waals surface area contributed by atoms with Crippen LogP contribution in [0.25, 0.3) is 0 Å². The number of aliphatic carboxylic acids is 1. The predicted molar refractivity (Wildman–Crippen MR) is 140 cm³/mol. The van der Waals surface area contributed by atoms with Crippen LogP contribution in [0.1, 0.15) is 109 Å². The van der Waals surface area contributed by atoms with Gasteiger partial charge in [-0.3, -0.25) is 14.4 Å². The average Bonchev–Trinajstić information content (AvgIpc) is 2.85. The molecule has 0 heterocycles. The zero-order valence-electron chi connectivity index (χ0n) is 22.2. The summed E-state index contributed by atoms with van der Waals surface area (Å²) in [6.07, 6.45) is 17.0. The summed E-state index contributed by atoms with van der Waals surface area (Å²) in [5, 5.41) is 14.1. The molecule has 0 saturated carbocycles. The van der Waals surface area contributed by atoms with Crippen LogP contribution in [0.2, 0.25) is 0 Å². The van der Waals surface area contributed by atoms with Gasteiger partial charge < -0.3 is 30.0 Å². The van der Waals surface area contributed by atoms with Gasteiger partial charge in [-0.25, -0.2) is 0 Å². The van der Waals surface area contributed by atoms with Crippen molar-refractivity contribution in [1.82, 2.24) is 10.6 Å². The molecule has 0 radical (unpaired) electrons. The summed E-state index contributed by atoms with van der Waals surface area (Å²) in [5.74, 6) is -0.770. The molecule has 0 aromatic heterocycles. The van der Waals surface area contributed by atoms with Crippen molar-refractivity contribution in [2.75, 3.05) is 39.5 Å². The molecule has 210 valence electrons. The van der Waals surface area contributed by atoms with Crippen LogP contribution in [0.4, 0.5) is 0 Å². The molecular weight excluding hydrogens is 464 g/mol. The number of carboxylic acids is 1. The molecule has 0 bridgehead atoms. The molecule has 36 heavy (non-hydrogen) atoms. The van der Waals surface area contributed by atoms with Crippen LogP contribution >= 0.6 is 0 Å². The minimum atomic E-state index is -0.690. The maximum atomic E-state index is 11.8. The van der Waals surface area contributed by atoms with Crippen LogP contribution in [0.5, 0.6) is 0 Å². The van der Waals surface area contributed by atoms with E-state index >= 15 is 0 Å². The molecule has 2 amide bonds. The summed E-state index contributed by atoms with van der Waals surface area (Å²) in [6.45, 7) is 2.60. The first-order chi connectivity index (χ1) is 17.6. The number of unbranched alkanes of at least 4 members (excludes halogenated alkanes) is 12. The minimum Gasteiger partial charge on any atom is -0.481 e. The van der Waals surface area contributed by atoms with Crippen LogP contribution in [0, 0.1) is 0 Å². The number of amides is 2. The van der Waals surface area contributed by atoms with E-state index in [0.717, 1.165) is 38.4 Å². The Balaban J connectivity index is 3.21. The van der Waals surface area contributed by atoms with E-state index in [9.17, 15) is 19.2 Å². The quantitative estimate of drug-likeness (QED) is 0.105. The zero-order chi connectivity index (χ0) is 26.5. The van der Waals surface area contributed by atoms with Crippen LogP contribution in [-0.4, -0.2) is 68.7 Å². The smallest absolute Gasteiger partial charge is 0.303 e. The van der Waals surface area contributed by atoms with E-state index in [4.69, 9.17) is 14.6 Å². The van der Waals surface area contributed by atoms with E-state index in [0.29, 0.717) is 52.4 Å². The lowest BCUT2D eigenvalue weighted by Crippen LogP contribution is -2.28. The van der Waals surface area contributed by atoms with Gasteiger partial charge in [0.2, 0.25) is 11.8 Å². The van der Waals surface area contributed by atoms with Crippen molar-refractivity contribution in [2.24, 2.45) is 0 Å². The highest BCUT2D eigenvalue weighted by Crippen LogP contribution is 2.13. The van der Waals surface area contributed by atoms with Crippen molar-refractivity contribution in [3.63, 3.8) is 0 Å². The van der Waals surface area contributed by atoms with Gasteiger partial charge in [0.05, 0.1) is 26.4 Å². The fraction of sp³-hybridized carbons (Fsp3) is 0.852. The molecule has 0 aliphatic heterocycles. The molecule has 0 fully saturated rings. The molecule has 0 saturated heterocycles. The predicted octanol–water partition coefficient (Wildman–Crippen LogP) is 4.17. The van der Waals surface area contributed by atoms with Gasteiger partial charge in [-0.2, -0.15) is 0 Å². The second-order valence-electron chi connectivity index (χ2n) is 9.12. The van der Waals surface area contributed by atoms with Crippen LogP contribution in [0.3, 0.4) is 0 Å². The van der Waals surface area contributed by atoms with Crippen LogP contribution in [-0.2, 0) is 28.7 Å². The highest BCUT2D eigenvalue weighted by molar-refractivity contribution is 5.78. The molecule has 0 spiro atoms. The molecule has 0 aliphatic rings. The summed E-state index contributed by atoms with van der Waals surface area (Å²) >= 11 is 0. The number of hydrogen-bond donors (Lipinski definition) is 3. The lowest BCUT2D eigenvalue weighted by atomic mass is 10.0. The number of carbonyl (C=O) groups is 4. The fourth-order valence-corrected chi connectivity index (χ4v) is 3.72.